The Balaban J connectivity index is 2.25. The lowest BCUT2D eigenvalue weighted by Gasteiger charge is -2.32. The molecule has 1 aliphatic heterocycles. The van der Waals surface area contributed by atoms with Crippen LogP contribution in [0.4, 0.5) is 5.69 Å². The Morgan fingerprint density at radius 3 is 2.72 bits per heavy atom. The maximum absolute atomic E-state index is 12.4. The molecule has 18 heavy (non-hydrogen) atoms. The van der Waals surface area contributed by atoms with Crippen LogP contribution in [0.15, 0.2) is 18.2 Å². The first-order chi connectivity index (χ1) is 8.37. The average Bonchev–Trinajstić information content (AvgIpc) is 2.25. The van der Waals surface area contributed by atoms with Crippen molar-refractivity contribution in [3.05, 3.63) is 29.3 Å². The molecule has 1 aliphatic rings. The van der Waals surface area contributed by atoms with Crippen LogP contribution in [0.5, 0.6) is 0 Å². The monoisotopic (exact) mass is 245 g/mol. The Morgan fingerprint density at radius 2 is 2.06 bits per heavy atom. The van der Waals surface area contributed by atoms with E-state index in [1.54, 1.807) is 0 Å². The fourth-order valence-corrected chi connectivity index (χ4v) is 2.53. The second-order valence-electron chi connectivity index (χ2n) is 6.52. The average molecular weight is 245 g/mol. The summed E-state index contributed by atoms with van der Waals surface area (Å²) in [7, 11) is 0. The van der Waals surface area contributed by atoms with Crippen molar-refractivity contribution in [2.75, 3.05) is 11.4 Å². The Hall–Kier alpha value is -1.31. The molecule has 1 amide bonds. The third-order valence-corrected chi connectivity index (χ3v) is 3.34. The van der Waals surface area contributed by atoms with E-state index >= 15 is 0 Å². The molecule has 1 heterocycles. The van der Waals surface area contributed by atoms with Gasteiger partial charge >= 0.3 is 0 Å². The fraction of sp³-hybridized carbons (Fsp3) is 0.562. The highest BCUT2D eigenvalue weighted by molar-refractivity contribution is 5.94. The molecule has 0 radical (unpaired) electrons. The summed E-state index contributed by atoms with van der Waals surface area (Å²) >= 11 is 0. The van der Waals surface area contributed by atoms with E-state index in [1.807, 2.05) is 4.90 Å². The lowest BCUT2D eigenvalue weighted by atomic mass is 9.90. The summed E-state index contributed by atoms with van der Waals surface area (Å²) in [6.45, 7) is 9.32. The van der Waals surface area contributed by atoms with Gasteiger partial charge in [-0.1, -0.05) is 38.5 Å². The SMILES string of the molecule is Cc1ccc2c(c1)CCCN2C(=O)CC(C)(C)C. The minimum absolute atomic E-state index is 0.0550. The first kappa shape index (κ1) is 13.1. The van der Waals surface area contributed by atoms with Gasteiger partial charge in [0.15, 0.2) is 0 Å². The number of hydrogen-bond acceptors (Lipinski definition) is 1. The van der Waals surface area contributed by atoms with Crippen LogP contribution >= 0.6 is 0 Å². The molecule has 2 rings (SSSR count). The summed E-state index contributed by atoms with van der Waals surface area (Å²) in [5.41, 5.74) is 3.78. The van der Waals surface area contributed by atoms with E-state index in [-0.39, 0.29) is 11.3 Å². The van der Waals surface area contributed by atoms with Gasteiger partial charge in [-0.25, -0.2) is 0 Å². The van der Waals surface area contributed by atoms with E-state index in [9.17, 15) is 4.79 Å². The van der Waals surface area contributed by atoms with E-state index in [4.69, 9.17) is 0 Å². The van der Waals surface area contributed by atoms with Crippen LogP contribution in [0.1, 0.15) is 44.7 Å². The maximum Gasteiger partial charge on any atom is 0.227 e. The molecule has 2 heteroatoms. The Kier molecular flexibility index (Phi) is 3.47. The molecular formula is C16H23NO. The molecule has 0 aromatic heterocycles. The van der Waals surface area contributed by atoms with E-state index in [1.165, 1.54) is 11.1 Å². The highest BCUT2D eigenvalue weighted by Crippen LogP contribution is 2.30. The number of amides is 1. The van der Waals surface area contributed by atoms with E-state index in [0.29, 0.717) is 6.42 Å². The van der Waals surface area contributed by atoms with Crippen LogP contribution in [0, 0.1) is 12.3 Å². The third kappa shape index (κ3) is 2.92. The fourth-order valence-electron chi connectivity index (χ4n) is 2.53. The van der Waals surface area contributed by atoms with Gasteiger partial charge in [0.2, 0.25) is 5.91 Å². The van der Waals surface area contributed by atoms with Gasteiger partial charge in [0.1, 0.15) is 0 Å². The van der Waals surface area contributed by atoms with Gasteiger partial charge in [-0.05, 0) is 36.8 Å². The lowest BCUT2D eigenvalue weighted by Crippen LogP contribution is -2.37. The molecule has 0 fully saturated rings. The van der Waals surface area contributed by atoms with Gasteiger partial charge in [0.05, 0.1) is 0 Å². The van der Waals surface area contributed by atoms with Crippen LogP contribution < -0.4 is 4.90 Å². The van der Waals surface area contributed by atoms with Crippen molar-refractivity contribution in [3.8, 4) is 0 Å². The number of carbonyl (C=O) groups is 1. The summed E-state index contributed by atoms with van der Waals surface area (Å²) in [5, 5.41) is 0. The highest BCUT2D eigenvalue weighted by atomic mass is 16.2. The molecule has 1 aromatic rings. The molecule has 98 valence electrons. The summed E-state index contributed by atoms with van der Waals surface area (Å²) in [6.07, 6.45) is 2.78. The predicted octanol–water partition coefficient (Wildman–Crippen LogP) is 3.71. The van der Waals surface area contributed by atoms with Crippen LogP contribution in [-0.2, 0) is 11.2 Å². The quantitative estimate of drug-likeness (QED) is 0.738. The van der Waals surface area contributed by atoms with Crippen molar-refractivity contribution >= 4 is 11.6 Å². The lowest BCUT2D eigenvalue weighted by molar-refractivity contribution is -0.120. The smallest absolute Gasteiger partial charge is 0.227 e. The van der Waals surface area contributed by atoms with Crippen molar-refractivity contribution in [1.29, 1.82) is 0 Å². The molecule has 0 saturated carbocycles. The normalized spacial score (nSPS) is 15.4. The van der Waals surface area contributed by atoms with Crippen molar-refractivity contribution in [3.63, 3.8) is 0 Å². The number of fused-ring (bicyclic) bond motifs is 1. The van der Waals surface area contributed by atoms with Gasteiger partial charge in [-0.3, -0.25) is 4.79 Å². The number of rotatable bonds is 1. The molecule has 0 spiro atoms. The number of anilines is 1. The minimum atomic E-state index is 0.0550. The molecule has 0 atom stereocenters. The number of nitrogens with zero attached hydrogens (tertiary/aromatic N) is 1. The Morgan fingerprint density at radius 1 is 1.33 bits per heavy atom. The molecule has 0 unspecified atom stereocenters. The van der Waals surface area contributed by atoms with Crippen LogP contribution in [0.25, 0.3) is 0 Å². The molecule has 0 saturated heterocycles. The standard InChI is InChI=1S/C16H23NO/c1-12-7-8-14-13(10-12)6-5-9-17(14)15(18)11-16(2,3)4/h7-8,10H,5-6,9,11H2,1-4H3. The van der Waals surface area contributed by atoms with Gasteiger partial charge in [0.25, 0.3) is 0 Å². The first-order valence-electron chi connectivity index (χ1n) is 6.77. The predicted molar refractivity (Wildman–Crippen MR) is 75.9 cm³/mol. The molecule has 2 nitrogen and oxygen atoms in total. The Bertz CT molecular complexity index is 457. The zero-order chi connectivity index (χ0) is 13.3. The van der Waals surface area contributed by atoms with E-state index < -0.39 is 0 Å². The first-order valence-corrected chi connectivity index (χ1v) is 6.77. The van der Waals surface area contributed by atoms with Crippen molar-refractivity contribution < 1.29 is 4.79 Å². The zero-order valence-corrected chi connectivity index (χ0v) is 11.9. The summed E-state index contributed by atoms with van der Waals surface area (Å²) in [6, 6.07) is 6.41. The number of hydrogen-bond donors (Lipinski definition) is 0. The summed E-state index contributed by atoms with van der Waals surface area (Å²) in [5.74, 6) is 0.257. The third-order valence-electron chi connectivity index (χ3n) is 3.34. The molecule has 0 bridgehead atoms. The van der Waals surface area contributed by atoms with Crippen molar-refractivity contribution in [2.45, 2.75) is 47.0 Å². The van der Waals surface area contributed by atoms with Gasteiger partial charge < -0.3 is 4.90 Å². The van der Waals surface area contributed by atoms with Gasteiger partial charge in [-0.15, -0.1) is 0 Å². The largest absolute Gasteiger partial charge is 0.312 e. The maximum atomic E-state index is 12.4. The second-order valence-corrected chi connectivity index (χ2v) is 6.52. The van der Waals surface area contributed by atoms with E-state index in [0.717, 1.165) is 25.1 Å². The number of aryl methyl sites for hydroxylation is 2. The molecule has 0 aliphatic carbocycles. The Labute approximate surface area is 110 Å². The van der Waals surface area contributed by atoms with Crippen molar-refractivity contribution in [1.82, 2.24) is 0 Å². The number of carbonyl (C=O) groups excluding carboxylic acids is 1. The molecule has 1 aromatic carbocycles. The van der Waals surface area contributed by atoms with Crippen LogP contribution in [0.3, 0.4) is 0 Å². The van der Waals surface area contributed by atoms with Crippen LogP contribution in [-0.4, -0.2) is 12.5 Å². The van der Waals surface area contributed by atoms with Gasteiger partial charge in [0, 0.05) is 18.7 Å². The van der Waals surface area contributed by atoms with Crippen LogP contribution in [0.2, 0.25) is 0 Å². The number of benzene rings is 1. The highest BCUT2D eigenvalue weighted by Gasteiger charge is 2.25. The minimum Gasteiger partial charge on any atom is -0.312 e. The zero-order valence-electron chi connectivity index (χ0n) is 11.9. The van der Waals surface area contributed by atoms with Gasteiger partial charge in [-0.2, -0.15) is 0 Å². The van der Waals surface area contributed by atoms with E-state index in [2.05, 4.69) is 45.9 Å². The summed E-state index contributed by atoms with van der Waals surface area (Å²) in [4.78, 5) is 14.4. The van der Waals surface area contributed by atoms with Crippen molar-refractivity contribution in [2.24, 2.45) is 5.41 Å². The summed E-state index contributed by atoms with van der Waals surface area (Å²) < 4.78 is 0. The topological polar surface area (TPSA) is 20.3 Å². The molecular weight excluding hydrogens is 222 g/mol. The molecule has 0 N–H and O–H groups in total. The second kappa shape index (κ2) is 4.75.